The Kier molecular flexibility index (Phi) is 3.00. The molecule has 12 heavy (non-hydrogen) atoms. The Morgan fingerprint density at radius 1 is 1.17 bits per heavy atom. The van der Waals surface area contributed by atoms with Crippen molar-refractivity contribution in [1.29, 1.82) is 0 Å². The predicted octanol–water partition coefficient (Wildman–Crippen LogP) is 2.02. The van der Waals surface area contributed by atoms with Gasteiger partial charge in [-0.15, -0.1) is 0 Å². The predicted molar refractivity (Wildman–Crippen MR) is 46.2 cm³/mol. The Bertz CT molecular complexity index is 293. The van der Waals surface area contributed by atoms with E-state index < -0.39 is 5.24 Å². The van der Waals surface area contributed by atoms with Crippen LogP contribution in [0.25, 0.3) is 0 Å². The van der Waals surface area contributed by atoms with E-state index in [2.05, 4.69) is 0 Å². The van der Waals surface area contributed by atoms with Crippen LogP contribution < -0.4 is 0 Å². The molecule has 3 heteroatoms. The molecule has 2 nitrogen and oxygen atoms in total. The van der Waals surface area contributed by atoms with Crippen molar-refractivity contribution in [2.75, 3.05) is 0 Å². The molecule has 0 fully saturated rings. The van der Waals surface area contributed by atoms with E-state index in [-0.39, 0.29) is 12.2 Å². The number of hydrogen-bond donors (Lipinski definition) is 0. The molecule has 0 unspecified atom stereocenters. The van der Waals surface area contributed by atoms with Crippen molar-refractivity contribution >= 4 is 22.6 Å². The van der Waals surface area contributed by atoms with E-state index in [0.29, 0.717) is 5.56 Å². The molecule has 1 aromatic carbocycles. The highest BCUT2D eigenvalue weighted by atomic mass is 35.5. The lowest BCUT2D eigenvalue weighted by molar-refractivity contribution is -0.110. The Morgan fingerprint density at radius 2 is 1.75 bits per heavy atom. The first-order valence-corrected chi connectivity index (χ1v) is 3.84. The fourth-order valence-corrected chi connectivity index (χ4v) is 0.974. The molecule has 0 radical (unpaired) electrons. The number of Topliss-reactive ketones (excluding diaryl/α,β-unsaturated/α-hetero) is 1. The van der Waals surface area contributed by atoms with Gasteiger partial charge in [-0.2, -0.15) is 0 Å². The van der Waals surface area contributed by atoms with Crippen molar-refractivity contribution in [2.24, 2.45) is 0 Å². The van der Waals surface area contributed by atoms with Crippen LogP contribution in [0.5, 0.6) is 0 Å². The van der Waals surface area contributed by atoms with Crippen molar-refractivity contribution in [1.82, 2.24) is 0 Å². The van der Waals surface area contributed by atoms with Crippen molar-refractivity contribution in [3.8, 4) is 0 Å². The smallest absolute Gasteiger partial charge is 0.229 e. The van der Waals surface area contributed by atoms with Gasteiger partial charge in [0.2, 0.25) is 5.24 Å². The van der Waals surface area contributed by atoms with Gasteiger partial charge in [-0.3, -0.25) is 9.59 Å². The Labute approximate surface area is 75.2 Å². The number of carbonyl (C=O) groups excluding carboxylic acids is 2. The molecule has 0 bridgehead atoms. The maximum atomic E-state index is 11.1. The van der Waals surface area contributed by atoms with Gasteiger partial charge >= 0.3 is 0 Å². The van der Waals surface area contributed by atoms with E-state index in [1.54, 1.807) is 30.3 Å². The molecule has 0 spiro atoms. The maximum absolute atomic E-state index is 11.1. The summed E-state index contributed by atoms with van der Waals surface area (Å²) >= 11 is 5.06. The minimum atomic E-state index is -0.621. The first kappa shape index (κ1) is 8.94. The summed E-state index contributed by atoms with van der Waals surface area (Å²) < 4.78 is 0. The molecule has 62 valence electrons. The van der Waals surface area contributed by atoms with Gasteiger partial charge in [-0.05, 0) is 11.6 Å². The first-order valence-electron chi connectivity index (χ1n) is 3.47. The van der Waals surface area contributed by atoms with Crippen LogP contribution >= 0.6 is 11.6 Å². The fourth-order valence-electron chi connectivity index (χ4n) is 0.852. The molecule has 0 N–H and O–H groups in total. The summed E-state index contributed by atoms with van der Waals surface area (Å²) in [7, 11) is 0. The van der Waals surface area contributed by atoms with Crippen LogP contribution in [0.3, 0.4) is 0 Å². The van der Waals surface area contributed by atoms with Gasteiger partial charge in [-0.1, -0.05) is 30.3 Å². The molecule has 1 rings (SSSR count). The number of carbonyl (C=O) groups is 2. The standard InChI is InChI=1S/C9H7ClO2/c10-9(12)6-8(11)7-4-2-1-3-5-7/h1-5H,6H2. The van der Waals surface area contributed by atoms with Gasteiger partial charge in [0.15, 0.2) is 5.78 Å². The van der Waals surface area contributed by atoms with Gasteiger partial charge in [0.25, 0.3) is 0 Å². The molecule has 1 aromatic rings. The number of ketones is 1. The lowest BCUT2D eigenvalue weighted by atomic mass is 10.1. The summed E-state index contributed by atoms with van der Waals surface area (Å²) in [6.45, 7) is 0. The molecule has 0 aliphatic heterocycles. The molecule has 0 aromatic heterocycles. The molecule has 0 aliphatic rings. The quantitative estimate of drug-likeness (QED) is 0.407. The summed E-state index contributed by atoms with van der Waals surface area (Å²) in [5, 5.41) is -0.621. The number of rotatable bonds is 3. The van der Waals surface area contributed by atoms with Crippen LogP contribution in [0.2, 0.25) is 0 Å². The topological polar surface area (TPSA) is 34.1 Å². The average Bonchev–Trinajstić information content (AvgIpc) is 2.05. The molecular weight excluding hydrogens is 176 g/mol. The van der Waals surface area contributed by atoms with Crippen molar-refractivity contribution in [2.45, 2.75) is 6.42 Å². The molecule has 0 saturated carbocycles. The maximum Gasteiger partial charge on any atom is 0.229 e. The third kappa shape index (κ3) is 2.47. The van der Waals surface area contributed by atoms with Crippen LogP contribution in [0.4, 0.5) is 0 Å². The summed E-state index contributed by atoms with van der Waals surface area (Å²) in [5.74, 6) is -0.240. The zero-order chi connectivity index (χ0) is 8.97. The minimum absolute atomic E-state index is 0.231. The Hall–Kier alpha value is -1.15. The number of benzene rings is 1. The van der Waals surface area contributed by atoms with Crippen LogP contribution in [0.1, 0.15) is 16.8 Å². The Balaban J connectivity index is 2.73. The molecule has 0 atom stereocenters. The van der Waals surface area contributed by atoms with Gasteiger partial charge in [0.05, 0.1) is 6.42 Å². The molecule has 0 amide bonds. The third-order valence-corrected chi connectivity index (χ3v) is 1.53. The van der Waals surface area contributed by atoms with Crippen molar-refractivity contribution in [3.63, 3.8) is 0 Å². The second-order valence-electron chi connectivity index (χ2n) is 2.32. The summed E-state index contributed by atoms with van der Waals surface area (Å²) in [5.41, 5.74) is 0.520. The Morgan fingerprint density at radius 3 is 2.25 bits per heavy atom. The fraction of sp³-hybridized carbons (Fsp3) is 0.111. The monoisotopic (exact) mass is 182 g/mol. The second-order valence-corrected chi connectivity index (χ2v) is 2.74. The minimum Gasteiger partial charge on any atom is -0.294 e. The number of halogens is 1. The van der Waals surface area contributed by atoms with Gasteiger partial charge in [0, 0.05) is 5.56 Å². The van der Waals surface area contributed by atoms with Crippen LogP contribution in [-0.4, -0.2) is 11.0 Å². The van der Waals surface area contributed by atoms with E-state index >= 15 is 0 Å². The highest BCUT2D eigenvalue weighted by Crippen LogP contribution is 2.03. The zero-order valence-electron chi connectivity index (χ0n) is 6.29. The summed E-state index contributed by atoms with van der Waals surface area (Å²) in [4.78, 5) is 21.5. The van der Waals surface area contributed by atoms with Crippen LogP contribution in [-0.2, 0) is 4.79 Å². The zero-order valence-corrected chi connectivity index (χ0v) is 7.04. The molecule has 0 heterocycles. The highest BCUT2D eigenvalue weighted by molar-refractivity contribution is 6.65. The average molecular weight is 183 g/mol. The third-order valence-electron chi connectivity index (χ3n) is 1.40. The molecule has 0 saturated heterocycles. The van der Waals surface area contributed by atoms with Crippen LogP contribution in [0.15, 0.2) is 30.3 Å². The van der Waals surface area contributed by atoms with Crippen molar-refractivity contribution < 1.29 is 9.59 Å². The van der Waals surface area contributed by atoms with Gasteiger partial charge in [-0.25, -0.2) is 0 Å². The van der Waals surface area contributed by atoms with E-state index in [1.807, 2.05) is 0 Å². The highest BCUT2D eigenvalue weighted by Gasteiger charge is 2.08. The number of hydrogen-bond acceptors (Lipinski definition) is 2. The summed E-state index contributed by atoms with van der Waals surface area (Å²) in [6, 6.07) is 8.60. The van der Waals surface area contributed by atoms with E-state index in [0.717, 1.165) is 0 Å². The summed E-state index contributed by atoms with van der Waals surface area (Å²) in [6.07, 6.45) is -0.231. The van der Waals surface area contributed by atoms with Crippen molar-refractivity contribution in [3.05, 3.63) is 35.9 Å². The SMILES string of the molecule is O=C(Cl)CC(=O)c1ccccc1. The first-order chi connectivity index (χ1) is 5.70. The van der Waals surface area contributed by atoms with Gasteiger partial charge < -0.3 is 0 Å². The lowest BCUT2D eigenvalue weighted by Gasteiger charge is -1.95. The van der Waals surface area contributed by atoms with E-state index in [4.69, 9.17) is 11.6 Å². The van der Waals surface area contributed by atoms with E-state index in [9.17, 15) is 9.59 Å². The normalized spacial score (nSPS) is 9.42. The lowest BCUT2D eigenvalue weighted by Crippen LogP contribution is -2.02. The van der Waals surface area contributed by atoms with Crippen LogP contribution in [0, 0.1) is 0 Å². The molecular formula is C9H7ClO2. The second kappa shape index (κ2) is 4.02. The molecule has 0 aliphatic carbocycles. The van der Waals surface area contributed by atoms with E-state index in [1.165, 1.54) is 0 Å². The van der Waals surface area contributed by atoms with Gasteiger partial charge in [0.1, 0.15) is 0 Å². The largest absolute Gasteiger partial charge is 0.294 e.